The Kier molecular flexibility index (Phi) is 8.36. The van der Waals surface area contributed by atoms with E-state index < -0.39 is 6.04 Å². The summed E-state index contributed by atoms with van der Waals surface area (Å²) in [6.07, 6.45) is 5.49. The second-order valence-corrected chi connectivity index (χ2v) is 9.99. The maximum atomic E-state index is 13.8. The highest BCUT2D eigenvalue weighted by atomic mass is 32.1. The van der Waals surface area contributed by atoms with Crippen molar-refractivity contribution >= 4 is 23.3 Å². The number of benzene rings is 2. The van der Waals surface area contributed by atoms with Crippen LogP contribution in [0.25, 0.3) is 0 Å². The van der Waals surface area contributed by atoms with Crippen LogP contribution in [-0.2, 0) is 17.9 Å². The first-order chi connectivity index (χ1) is 16.6. The predicted molar refractivity (Wildman–Crippen MR) is 137 cm³/mol. The zero-order valence-electron chi connectivity index (χ0n) is 19.7. The summed E-state index contributed by atoms with van der Waals surface area (Å²) in [6, 6.07) is 20.9. The van der Waals surface area contributed by atoms with E-state index in [0.717, 1.165) is 47.3 Å². The van der Waals surface area contributed by atoms with Gasteiger partial charge in [0.05, 0.1) is 6.54 Å². The molecule has 1 aliphatic carbocycles. The average Bonchev–Trinajstić information content (AvgIpc) is 3.38. The van der Waals surface area contributed by atoms with E-state index in [1.54, 1.807) is 16.2 Å². The molecule has 0 saturated heterocycles. The minimum atomic E-state index is -0.707. The number of aryl methyl sites for hydroxylation is 1. The lowest BCUT2D eigenvalue weighted by Gasteiger charge is -2.34. The largest absolute Gasteiger partial charge is 0.351 e. The van der Waals surface area contributed by atoms with Gasteiger partial charge in [-0.25, -0.2) is 4.79 Å². The Bertz CT molecular complexity index is 1060. The monoisotopic (exact) mass is 475 g/mol. The van der Waals surface area contributed by atoms with Gasteiger partial charge in [0.25, 0.3) is 0 Å². The van der Waals surface area contributed by atoms with Gasteiger partial charge in [0, 0.05) is 17.5 Å². The molecule has 5 nitrogen and oxygen atoms in total. The summed E-state index contributed by atoms with van der Waals surface area (Å²) in [6.45, 7) is 2.78. The lowest BCUT2D eigenvalue weighted by Crippen LogP contribution is -2.49. The van der Waals surface area contributed by atoms with Crippen LogP contribution in [-0.4, -0.2) is 22.9 Å². The van der Waals surface area contributed by atoms with Gasteiger partial charge in [-0.3, -0.25) is 4.79 Å². The van der Waals surface area contributed by atoms with Crippen molar-refractivity contribution in [2.24, 2.45) is 0 Å². The first-order valence-electron chi connectivity index (χ1n) is 12.1. The lowest BCUT2D eigenvalue weighted by molar-refractivity contribution is -0.126. The molecule has 1 aliphatic rings. The molecule has 0 spiro atoms. The summed E-state index contributed by atoms with van der Waals surface area (Å²) in [4.78, 5) is 30.1. The summed E-state index contributed by atoms with van der Waals surface area (Å²) in [5.41, 5.74) is 2.88. The van der Waals surface area contributed by atoms with E-state index in [-0.39, 0.29) is 18.0 Å². The second-order valence-electron chi connectivity index (χ2n) is 8.95. The molecule has 178 valence electrons. The van der Waals surface area contributed by atoms with Gasteiger partial charge in [0.15, 0.2) is 0 Å². The predicted octanol–water partition coefficient (Wildman–Crippen LogP) is 5.96. The van der Waals surface area contributed by atoms with E-state index in [0.29, 0.717) is 13.1 Å². The van der Waals surface area contributed by atoms with Gasteiger partial charge >= 0.3 is 6.03 Å². The van der Waals surface area contributed by atoms with Crippen molar-refractivity contribution < 1.29 is 9.59 Å². The third kappa shape index (κ3) is 6.26. The Morgan fingerprint density at radius 2 is 1.71 bits per heavy atom. The number of rotatable bonds is 8. The van der Waals surface area contributed by atoms with E-state index >= 15 is 0 Å². The number of carbonyl (C=O) groups is 2. The molecule has 1 atom stereocenters. The fraction of sp³-hybridized carbons (Fsp3) is 0.357. The summed E-state index contributed by atoms with van der Waals surface area (Å²) >= 11 is 1.59. The molecule has 1 heterocycles. The van der Waals surface area contributed by atoms with Crippen molar-refractivity contribution in [3.63, 3.8) is 0 Å². The topological polar surface area (TPSA) is 61.4 Å². The van der Waals surface area contributed by atoms with Gasteiger partial charge in [-0.15, -0.1) is 11.3 Å². The van der Waals surface area contributed by atoms with Crippen LogP contribution in [0.15, 0.2) is 72.1 Å². The van der Waals surface area contributed by atoms with Crippen molar-refractivity contribution in [1.29, 1.82) is 0 Å². The van der Waals surface area contributed by atoms with E-state index in [1.807, 2.05) is 79.0 Å². The minimum Gasteiger partial charge on any atom is -0.351 e. The number of nitrogens with zero attached hydrogens (tertiary/aromatic N) is 1. The Morgan fingerprint density at radius 3 is 2.41 bits per heavy atom. The second kappa shape index (κ2) is 11.8. The molecule has 0 bridgehead atoms. The summed E-state index contributed by atoms with van der Waals surface area (Å²) < 4.78 is 0. The molecule has 4 rings (SSSR count). The highest BCUT2D eigenvalue weighted by Gasteiger charge is 2.34. The molecule has 1 aromatic heterocycles. The summed E-state index contributed by atoms with van der Waals surface area (Å²) in [5.74, 6) is -0.104. The third-order valence-corrected chi connectivity index (χ3v) is 7.31. The van der Waals surface area contributed by atoms with Gasteiger partial charge in [0.2, 0.25) is 5.91 Å². The number of thiophene rings is 1. The van der Waals surface area contributed by atoms with Gasteiger partial charge in [0.1, 0.15) is 6.04 Å². The average molecular weight is 476 g/mol. The first-order valence-corrected chi connectivity index (χ1v) is 13.0. The van der Waals surface area contributed by atoms with E-state index in [9.17, 15) is 9.59 Å². The van der Waals surface area contributed by atoms with Crippen molar-refractivity contribution in [3.8, 4) is 0 Å². The standard InChI is InChI=1S/C28H33N3O2S/c1-21-11-8-9-17-25(21)26(27(32)30-23-14-6-3-7-15-23)31(20-24-16-10-18-34-24)28(33)29-19-22-12-4-2-5-13-22/h2,4-5,8-13,16-18,23,26H,3,6-7,14-15,19-20H2,1H3,(H,29,33)(H,30,32). The van der Waals surface area contributed by atoms with Crippen LogP contribution in [0, 0.1) is 6.92 Å². The van der Waals surface area contributed by atoms with E-state index in [4.69, 9.17) is 0 Å². The number of amides is 3. The third-order valence-electron chi connectivity index (χ3n) is 6.45. The van der Waals surface area contributed by atoms with Gasteiger partial charge in [-0.2, -0.15) is 0 Å². The molecule has 0 aliphatic heterocycles. The van der Waals surface area contributed by atoms with Crippen LogP contribution >= 0.6 is 11.3 Å². The van der Waals surface area contributed by atoms with E-state index in [1.165, 1.54) is 6.42 Å². The van der Waals surface area contributed by atoms with E-state index in [2.05, 4.69) is 10.6 Å². The molecule has 1 fully saturated rings. The molecule has 1 saturated carbocycles. The fourth-order valence-corrected chi connectivity index (χ4v) is 5.30. The van der Waals surface area contributed by atoms with Crippen LogP contribution < -0.4 is 10.6 Å². The smallest absolute Gasteiger partial charge is 0.318 e. The lowest BCUT2D eigenvalue weighted by atomic mass is 9.94. The molecule has 1 unspecified atom stereocenters. The van der Waals surface area contributed by atoms with Crippen molar-refractivity contribution in [3.05, 3.63) is 93.7 Å². The van der Waals surface area contributed by atoms with Gasteiger partial charge in [-0.05, 0) is 47.9 Å². The SMILES string of the molecule is Cc1ccccc1C(C(=O)NC1CCCCC1)N(Cc1cccs1)C(=O)NCc1ccccc1. The maximum Gasteiger partial charge on any atom is 0.318 e. The molecular formula is C28H33N3O2S. The number of urea groups is 1. The molecular weight excluding hydrogens is 442 g/mol. The molecule has 6 heteroatoms. The summed E-state index contributed by atoms with van der Waals surface area (Å²) in [7, 11) is 0. The number of carbonyl (C=O) groups excluding carboxylic acids is 2. The van der Waals surface area contributed by atoms with Crippen molar-refractivity contribution in [2.75, 3.05) is 0 Å². The number of hydrogen-bond acceptors (Lipinski definition) is 3. The maximum absolute atomic E-state index is 13.8. The molecule has 3 aromatic rings. The fourth-order valence-electron chi connectivity index (χ4n) is 4.60. The van der Waals surface area contributed by atoms with Gasteiger partial charge in [-0.1, -0.05) is 79.9 Å². The van der Waals surface area contributed by atoms with Crippen LogP contribution in [0.1, 0.15) is 59.7 Å². The molecule has 3 amide bonds. The Hall–Kier alpha value is -3.12. The van der Waals surface area contributed by atoms with Gasteiger partial charge < -0.3 is 15.5 Å². The zero-order valence-corrected chi connectivity index (χ0v) is 20.5. The minimum absolute atomic E-state index is 0.104. The molecule has 2 aromatic carbocycles. The molecule has 34 heavy (non-hydrogen) atoms. The quantitative estimate of drug-likeness (QED) is 0.422. The highest BCUT2D eigenvalue weighted by molar-refractivity contribution is 7.09. The summed E-state index contributed by atoms with van der Waals surface area (Å²) in [5, 5.41) is 8.33. The number of hydrogen-bond donors (Lipinski definition) is 2. The van der Waals surface area contributed by atoms with Crippen LogP contribution in [0.3, 0.4) is 0 Å². The molecule has 0 radical (unpaired) electrons. The Labute approximate surface area is 206 Å². The van der Waals surface area contributed by atoms with Crippen LogP contribution in [0.5, 0.6) is 0 Å². The van der Waals surface area contributed by atoms with Crippen LogP contribution in [0.2, 0.25) is 0 Å². The van der Waals surface area contributed by atoms with Crippen LogP contribution in [0.4, 0.5) is 4.79 Å². The zero-order chi connectivity index (χ0) is 23.8. The van der Waals surface area contributed by atoms with Crippen molar-refractivity contribution in [2.45, 2.75) is 64.2 Å². The Morgan fingerprint density at radius 1 is 0.971 bits per heavy atom. The number of nitrogens with one attached hydrogen (secondary N) is 2. The highest BCUT2D eigenvalue weighted by Crippen LogP contribution is 2.28. The van der Waals surface area contributed by atoms with Crippen molar-refractivity contribution in [1.82, 2.24) is 15.5 Å². The first kappa shape index (κ1) is 24.0. The normalized spacial score (nSPS) is 14.9. The molecule has 2 N–H and O–H groups in total. The Balaban J connectivity index is 1.63.